The Balaban J connectivity index is 2.07. The molecule has 0 amide bonds. The largest absolute Gasteiger partial charge is 0.592 e. The maximum absolute atomic E-state index is 12.4. The summed E-state index contributed by atoms with van der Waals surface area (Å²) in [4.78, 5) is 3.77. The van der Waals surface area contributed by atoms with Gasteiger partial charge in [-0.05, 0) is 19.4 Å². The molecular formula is C12H16F2N2O3S. The smallest absolute Gasteiger partial charge is 0.265 e. The zero-order valence-corrected chi connectivity index (χ0v) is 11.7. The molecule has 0 aromatic carbocycles. The van der Waals surface area contributed by atoms with Gasteiger partial charge in [0, 0.05) is 24.4 Å². The summed E-state index contributed by atoms with van der Waals surface area (Å²) in [6, 6.07) is 2.47. The first-order valence-electron chi connectivity index (χ1n) is 6.15. The number of pyridine rings is 1. The summed E-state index contributed by atoms with van der Waals surface area (Å²) in [6.45, 7) is 1.87. The second-order valence-corrected chi connectivity index (χ2v) is 6.31. The topological polar surface area (TPSA) is 79.7 Å². The van der Waals surface area contributed by atoms with Crippen molar-refractivity contribution in [1.82, 2.24) is 9.29 Å². The van der Waals surface area contributed by atoms with E-state index in [-0.39, 0.29) is 17.1 Å². The Hall–Kier alpha value is -0.800. The van der Waals surface area contributed by atoms with Crippen LogP contribution in [0.3, 0.4) is 0 Å². The van der Waals surface area contributed by atoms with Crippen LogP contribution >= 0.6 is 0 Å². The normalized spacial score (nSPS) is 26.9. The predicted molar refractivity (Wildman–Crippen MR) is 68.4 cm³/mol. The van der Waals surface area contributed by atoms with E-state index in [0.29, 0.717) is 13.0 Å². The molecule has 0 radical (unpaired) electrons. The number of rotatable bonds is 4. The highest BCUT2D eigenvalue weighted by Crippen LogP contribution is 2.29. The fourth-order valence-electron chi connectivity index (χ4n) is 2.02. The van der Waals surface area contributed by atoms with Crippen LogP contribution in [0.25, 0.3) is 0 Å². The molecule has 1 aliphatic heterocycles. The first-order chi connectivity index (χ1) is 9.33. The highest BCUT2D eigenvalue weighted by molar-refractivity contribution is 7.89. The quantitative estimate of drug-likeness (QED) is 0.807. The van der Waals surface area contributed by atoms with Gasteiger partial charge in [0.15, 0.2) is 0 Å². The van der Waals surface area contributed by atoms with Gasteiger partial charge in [0.1, 0.15) is 17.0 Å². The van der Waals surface area contributed by atoms with Crippen molar-refractivity contribution in [3.05, 3.63) is 23.9 Å². The van der Waals surface area contributed by atoms with Crippen LogP contribution in [-0.4, -0.2) is 48.8 Å². The standard InChI is InChI=1S/C12H16F2N2O3S/c1-8(17)12(18)4-5-16(7-12)20(19)10-3-2-9(6-15-10)11(13)14/h2-3,6,8,11,17-18H,4-5,7H2,1H3/t8-,12?,20?/m1/s1. The Morgan fingerprint density at radius 3 is 2.65 bits per heavy atom. The van der Waals surface area contributed by atoms with Gasteiger partial charge in [-0.15, -0.1) is 4.31 Å². The zero-order chi connectivity index (χ0) is 14.9. The third kappa shape index (κ3) is 3.09. The van der Waals surface area contributed by atoms with Crippen LogP contribution in [0, 0.1) is 0 Å². The van der Waals surface area contributed by atoms with Crippen molar-refractivity contribution >= 4 is 11.4 Å². The van der Waals surface area contributed by atoms with Gasteiger partial charge in [-0.1, -0.05) is 0 Å². The number of hydrogen-bond acceptors (Lipinski definition) is 5. The van der Waals surface area contributed by atoms with Crippen LogP contribution in [0.15, 0.2) is 23.4 Å². The number of nitrogens with zero attached hydrogens (tertiary/aromatic N) is 2. The molecule has 1 saturated heterocycles. The van der Waals surface area contributed by atoms with Crippen LogP contribution in [0.5, 0.6) is 0 Å². The lowest BCUT2D eigenvalue weighted by molar-refractivity contribution is -0.0536. The first kappa shape index (κ1) is 15.6. The molecule has 2 unspecified atom stereocenters. The van der Waals surface area contributed by atoms with E-state index in [1.54, 1.807) is 0 Å². The van der Waals surface area contributed by atoms with Gasteiger partial charge in [-0.3, -0.25) is 0 Å². The van der Waals surface area contributed by atoms with Gasteiger partial charge in [-0.25, -0.2) is 13.8 Å². The van der Waals surface area contributed by atoms with Crippen LogP contribution < -0.4 is 0 Å². The lowest BCUT2D eigenvalue weighted by atomic mass is 9.97. The molecule has 0 saturated carbocycles. The summed E-state index contributed by atoms with van der Waals surface area (Å²) in [5.74, 6) is 0. The Labute approximate surface area is 118 Å². The van der Waals surface area contributed by atoms with Crippen molar-refractivity contribution in [1.29, 1.82) is 0 Å². The summed E-state index contributed by atoms with van der Waals surface area (Å²) in [7, 11) is 0. The highest BCUT2D eigenvalue weighted by Gasteiger charge is 2.45. The van der Waals surface area contributed by atoms with Gasteiger partial charge in [0.25, 0.3) is 11.5 Å². The fourth-order valence-corrected chi connectivity index (χ4v) is 3.21. The molecule has 2 heterocycles. The van der Waals surface area contributed by atoms with Gasteiger partial charge in [0.05, 0.1) is 12.6 Å². The minimum Gasteiger partial charge on any atom is -0.592 e. The van der Waals surface area contributed by atoms with Gasteiger partial charge in [0.2, 0.25) is 0 Å². The summed E-state index contributed by atoms with van der Waals surface area (Å²) >= 11 is -1.64. The number of alkyl halides is 2. The monoisotopic (exact) mass is 306 g/mol. The summed E-state index contributed by atoms with van der Waals surface area (Å²) in [6.07, 6.45) is -2.25. The predicted octanol–water partition coefficient (Wildman–Crippen LogP) is 0.859. The molecule has 5 nitrogen and oxygen atoms in total. The second kappa shape index (κ2) is 5.90. The van der Waals surface area contributed by atoms with E-state index < -0.39 is 29.5 Å². The average molecular weight is 306 g/mol. The number of hydrogen-bond donors (Lipinski definition) is 2. The Morgan fingerprint density at radius 1 is 1.50 bits per heavy atom. The molecule has 2 N–H and O–H groups in total. The SMILES string of the molecule is C[C@@H](O)C1(O)CCN([S+]([O-])c2ccc(C(F)F)cn2)C1. The first-order valence-corrected chi connectivity index (χ1v) is 7.25. The van der Waals surface area contributed by atoms with Crippen molar-refractivity contribution in [2.45, 2.75) is 36.5 Å². The molecule has 3 atom stereocenters. The molecule has 1 aliphatic rings. The molecule has 0 bridgehead atoms. The second-order valence-electron chi connectivity index (χ2n) is 4.87. The van der Waals surface area contributed by atoms with E-state index in [1.165, 1.54) is 23.4 Å². The molecule has 112 valence electrons. The maximum atomic E-state index is 12.4. The summed E-state index contributed by atoms with van der Waals surface area (Å²) in [5, 5.41) is 19.8. The molecule has 1 aromatic heterocycles. The Kier molecular flexibility index (Phi) is 4.60. The lowest BCUT2D eigenvalue weighted by Gasteiger charge is -2.25. The molecule has 20 heavy (non-hydrogen) atoms. The molecule has 1 aromatic rings. The van der Waals surface area contributed by atoms with E-state index in [4.69, 9.17) is 0 Å². The van der Waals surface area contributed by atoms with Crippen molar-refractivity contribution in [2.24, 2.45) is 0 Å². The van der Waals surface area contributed by atoms with Crippen molar-refractivity contribution in [3.63, 3.8) is 0 Å². The molecular weight excluding hydrogens is 290 g/mol. The van der Waals surface area contributed by atoms with E-state index in [1.807, 2.05) is 0 Å². The molecule has 0 aliphatic carbocycles. The summed E-state index contributed by atoms with van der Waals surface area (Å²) < 4.78 is 38.5. The number of halogens is 2. The van der Waals surface area contributed by atoms with E-state index >= 15 is 0 Å². The van der Waals surface area contributed by atoms with E-state index in [2.05, 4.69) is 4.98 Å². The van der Waals surface area contributed by atoms with Crippen molar-refractivity contribution in [3.8, 4) is 0 Å². The Morgan fingerprint density at radius 2 is 2.20 bits per heavy atom. The number of aromatic nitrogens is 1. The number of aliphatic hydroxyl groups is 2. The Bertz CT molecular complexity index is 461. The minimum atomic E-state index is -2.61. The van der Waals surface area contributed by atoms with Gasteiger partial charge < -0.3 is 14.8 Å². The maximum Gasteiger partial charge on any atom is 0.265 e. The van der Waals surface area contributed by atoms with Crippen LogP contribution in [0.4, 0.5) is 8.78 Å². The van der Waals surface area contributed by atoms with Crippen molar-refractivity contribution in [2.75, 3.05) is 13.1 Å². The molecule has 8 heteroatoms. The van der Waals surface area contributed by atoms with E-state index in [9.17, 15) is 23.5 Å². The number of β-amino-alcohol motifs (C(OH)–C–C–N with tert-alkyl or cyclic N) is 1. The molecule has 1 fully saturated rings. The van der Waals surface area contributed by atoms with Crippen LogP contribution in [-0.2, 0) is 11.4 Å². The van der Waals surface area contributed by atoms with Gasteiger partial charge >= 0.3 is 0 Å². The lowest BCUT2D eigenvalue weighted by Crippen LogP contribution is -2.44. The highest BCUT2D eigenvalue weighted by atomic mass is 32.2. The van der Waals surface area contributed by atoms with Gasteiger partial charge in [-0.2, -0.15) is 0 Å². The van der Waals surface area contributed by atoms with E-state index in [0.717, 1.165) is 6.20 Å². The average Bonchev–Trinajstić information content (AvgIpc) is 2.82. The van der Waals surface area contributed by atoms with Crippen LogP contribution in [0.2, 0.25) is 0 Å². The van der Waals surface area contributed by atoms with Crippen LogP contribution in [0.1, 0.15) is 25.3 Å². The fraction of sp³-hybridized carbons (Fsp3) is 0.583. The van der Waals surface area contributed by atoms with Crippen molar-refractivity contribution < 1.29 is 23.5 Å². The zero-order valence-electron chi connectivity index (χ0n) is 10.9. The summed E-state index contributed by atoms with van der Waals surface area (Å²) in [5.41, 5.74) is -1.52. The molecule has 0 spiro atoms. The third-order valence-corrected chi connectivity index (χ3v) is 4.83. The number of aliphatic hydroxyl groups excluding tert-OH is 1. The minimum absolute atomic E-state index is 0.0511. The third-order valence-electron chi connectivity index (χ3n) is 3.45. The molecule has 2 rings (SSSR count).